The van der Waals surface area contributed by atoms with E-state index in [0.29, 0.717) is 0 Å². The summed E-state index contributed by atoms with van der Waals surface area (Å²) in [6.45, 7) is 0.821. The summed E-state index contributed by atoms with van der Waals surface area (Å²) in [5, 5.41) is 9.71. The molecule has 6 aromatic rings. The number of hydrogen-bond acceptors (Lipinski definition) is 6. The van der Waals surface area contributed by atoms with Crippen molar-refractivity contribution in [2.24, 2.45) is 0 Å². The van der Waals surface area contributed by atoms with E-state index in [4.69, 9.17) is 0 Å². The number of H-pyrrole nitrogens is 2. The van der Waals surface area contributed by atoms with Crippen LogP contribution in [0.1, 0.15) is 5.56 Å². The lowest BCUT2D eigenvalue weighted by Crippen LogP contribution is -2.10. The predicted molar refractivity (Wildman–Crippen MR) is 133 cm³/mol. The van der Waals surface area contributed by atoms with Gasteiger partial charge in [0.15, 0.2) is 0 Å². The lowest BCUT2D eigenvalue weighted by atomic mass is 10.1. The van der Waals surface area contributed by atoms with Crippen molar-refractivity contribution in [1.29, 1.82) is 0 Å². The molecule has 6 heterocycles. The second-order valence-corrected chi connectivity index (χ2v) is 8.55. The van der Waals surface area contributed by atoms with Crippen molar-refractivity contribution >= 4 is 21.9 Å². The van der Waals surface area contributed by atoms with E-state index in [0.717, 1.165) is 67.8 Å². The molecule has 0 spiro atoms. The van der Waals surface area contributed by atoms with Crippen molar-refractivity contribution in [3.05, 3.63) is 79.1 Å². The summed E-state index contributed by atoms with van der Waals surface area (Å²) in [5.74, 6) is 0. The van der Waals surface area contributed by atoms with Gasteiger partial charge in [0.05, 0.1) is 23.1 Å². The highest BCUT2D eigenvalue weighted by atomic mass is 15.1. The molecule has 0 fully saturated rings. The number of nitrogens with one attached hydrogen (secondary N) is 2. The molecule has 0 unspecified atom stereocenters. The summed E-state index contributed by atoms with van der Waals surface area (Å²) in [7, 11) is 4.09. The lowest BCUT2D eigenvalue weighted by Gasteiger charge is -2.10. The Morgan fingerprint density at radius 3 is 2.62 bits per heavy atom. The first kappa shape index (κ1) is 20.2. The average molecular weight is 447 g/mol. The van der Waals surface area contributed by atoms with Crippen LogP contribution in [-0.4, -0.2) is 54.1 Å². The number of fused-ring (bicyclic) bond motifs is 2. The van der Waals surface area contributed by atoms with Crippen LogP contribution in [0.25, 0.3) is 55.7 Å². The maximum atomic E-state index is 4.65. The Bertz CT molecular complexity index is 1610. The van der Waals surface area contributed by atoms with E-state index >= 15 is 0 Å². The molecule has 0 radical (unpaired) electrons. The zero-order chi connectivity index (χ0) is 23.1. The monoisotopic (exact) mass is 446 g/mol. The van der Waals surface area contributed by atoms with Crippen molar-refractivity contribution in [2.45, 2.75) is 6.54 Å². The largest absolute Gasteiger partial charge is 0.338 e. The fraction of sp³-hybridized carbons (Fsp3) is 0.115. The minimum Gasteiger partial charge on any atom is -0.338 e. The fourth-order valence-corrected chi connectivity index (χ4v) is 4.29. The van der Waals surface area contributed by atoms with Crippen LogP contribution in [0.3, 0.4) is 0 Å². The van der Waals surface area contributed by atoms with Gasteiger partial charge >= 0.3 is 0 Å². The van der Waals surface area contributed by atoms with Gasteiger partial charge in [-0.05, 0) is 55.6 Å². The Morgan fingerprint density at radius 1 is 0.853 bits per heavy atom. The van der Waals surface area contributed by atoms with Gasteiger partial charge in [-0.2, -0.15) is 5.10 Å². The third kappa shape index (κ3) is 3.60. The smallest absolute Gasteiger partial charge is 0.138 e. The highest BCUT2D eigenvalue weighted by molar-refractivity contribution is 6.00. The summed E-state index contributed by atoms with van der Waals surface area (Å²) in [6, 6.07) is 12.3. The highest BCUT2D eigenvalue weighted by Crippen LogP contribution is 2.33. The molecule has 6 aromatic heterocycles. The summed E-state index contributed by atoms with van der Waals surface area (Å²) >= 11 is 0. The zero-order valence-corrected chi connectivity index (χ0v) is 18.8. The molecule has 0 bridgehead atoms. The van der Waals surface area contributed by atoms with Gasteiger partial charge in [0.1, 0.15) is 11.3 Å². The quantitative estimate of drug-likeness (QED) is 0.399. The number of pyridine rings is 4. The molecule has 166 valence electrons. The Kier molecular flexibility index (Phi) is 4.85. The minimum absolute atomic E-state index is 0.808. The average Bonchev–Trinajstić information content (AvgIpc) is 3.48. The van der Waals surface area contributed by atoms with Crippen LogP contribution in [0, 0.1) is 0 Å². The summed E-state index contributed by atoms with van der Waals surface area (Å²) in [5.41, 5.74) is 8.49. The Morgan fingerprint density at radius 2 is 1.76 bits per heavy atom. The molecular formula is C26H22N8. The topological polar surface area (TPSA) is 99.3 Å². The molecule has 0 aliphatic heterocycles. The molecule has 0 aromatic carbocycles. The van der Waals surface area contributed by atoms with Gasteiger partial charge in [0, 0.05) is 59.4 Å². The Labute approximate surface area is 195 Å². The van der Waals surface area contributed by atoms with Gasteiger partial charge < -0.3 is 9.88 Å². The number of aromatic nitrogens is 7. The van der Waals surface area contributed by atoms with Crippen LogP contribution < -0.4 is 0 Å². The molecule has 8 heteroatoms. The van der Waals surface area contributed by atoms with Crippen molar-refractivity contribution in [3.8, 4) is 33.8 Å². The predicted octanol–water partition coefficient (Wildman–Crippen LogP) is 4.69. The molecule has 8 nitrogen and oxygen atoms in total. The van der Waals surface area contributed by atoms with E-state index in [9.17, 15) is 0 Å². The van der Waals surface area contributed by atoms with Crippen LogP contribution in [0.2, 0.25) is 0 Å². The van der Waals surface area contributed by atoms with Crippen LogP contribution >= 0.6 is 0 Å². The number of rotatable bonds is 5. The van der Waals surface area contributed by atoms with E-state index in [1.807, 2.05) is 57.2 Å². The molecule has 0 saturated carbocycles. The highest BCUT2D eigenvalue weighted by Gasteiger charge is 2.15. The fourth-order valence-electron chi connectivity index (χ4n) is 4.29. The van der Waals surface area contributed by atoms with Gasteiger partial charge in [-0.3, -0.25) is 20.1 Å². The molecule has 0 aliphatic carbocycles. The van der Waals surface area contributed by atoms with E-state index in [2.05, 4.69) is 64.3 Å². The molecule has 0 amide bonds. The van der Waals surface area contributed by atoms with Gasteiger partial charge in [0.2, 0.25) is 0 Å². The molecule has 0 atom stereocenters. The van der Waals surface area contributed by atoms with Gasteiger partial charge in [-0.25, -0.2) is 4.98 Å². The molecule has 34 heavy (non-hydrogen) atoms. The van der Waals surface area contributed by atoms with Crippen molar-refractivity contribution in [3.63, 3.8) is 0 Å². The second-order valence-electron chi connectivity index (χ2n) is 8.55. The molecule has 2 N–H and O–H groups in total. The van der Waals surface area contributed by atoms with Gasteiger partial charge in [-0.1, -0.05) is 6.07 Å². The third-order valence-electron chi connectivity index (χ3n) is 5.80. The van der Waals surface area contributed by atoms with Crippen LogP contribution in [-0.2, 0) is 6.54 Å². The minimum atomic E-state index is 0.808. The Hall–Kier alpha value is -4.43. The number of nitrogens with zero attached hydrogens (tertiary/aromatic N) is 6. The van der Waals surface area contributed by atoms with Crippen molar-refractivity contribution in [1.82, 2.24) is 40.0 Å². The van der Waals surface area contributed by atoms with Crippen LogP contribution in [0.4, 0.5) is 0 Å². The normalized spacial score (nSPS) is 11.6. The molecular weight excluding hydrogens is 424 g/mol. The van der Waals surface area contributed by atoms with E-state index in [1.54, 1.807) is 6.20 Å². The summed E-state index contributed by atoms with van der Waals surface area (Å²) in [4.78, 5) is 23.4. The lowest BCUT2D eigenvalue weighted by molar-refractivity contribution is 0.402. The van der Waals surface area contributed by atoms with Crippen molar-refractivity contribution < 1.29 is 0 Å². The van der Waals surface area contributed by atoms with Gasteiger partial charge in [-0.15, -0.1) is 0 Å². The first-order valence-electron chi connectivity index (χ1n) is 11.0. The van der Waals surface area contributed by atoms with Gasteiger partial charge in [0.25, 0.3) is 0 Å². The zero-order valence-electron chi connectivity index (χ0n) is 18.8. The van der Waals surface area contributed by atoms with E-state index < -0.39 is 0 Å². The maximum absolute atomic E-state index is 4.65. The Balaban J connectivity index is 1.45. The van der Waals surface area contributed by atoms with E-state index in [-0.39, 0.29) is 0 Å². The van der Waals surface area contributed by atoms with Crippen molar-refractivity contribution in [2.75, 3.05) is 14.1 Å². The third-order valence-corrected chi connectivity index (χ3v) is 5.80. The second kappa shape index (κ2) is 8.17. The summed E-state index contributed by atoms with van der Waals surface area (Å²) < 4.78 is 0. The standard InChI is InChI=1S/C26H22N8/c1-34(2)15-16-8-18(13-28-11-16)22-10-21-24(14-30-22)32-33-25(21)23-9-20-19(5-7-29-26(20)31-23)17-4-3-6-27-12-17/h3-14H,15H2,1-2H3,(H,29,31)(H,32,33). The van der Waals surface area contributed by atoms with Crippen LogP contribution in [0.5, 0.6) is 0 Å². The van der Waals surface area contributed by atoms with E-state index in [1.165, 1.54) is 0 Å². The summed E-state index contributed by atoms with van der Waals surface area (Å²) in [6.07, 6.45) is 11.0. The van der Waals surface area contributed by atoms with Crippen LogP contribution in [0.15, 0.2) is 73.6 Å². The first-order chi connectivity index (χ1) is 16.7. The molecule has 0 saturated heterocycles. The number of aromatic amines is 2. The first-order valence-corrected chi connectivity index (χ1v) is 11.0. The number of hydrogen-bond donors (Lipinski definition) is 2. The SMILES string of the molecule is CN(C)Cc1cncc(-c2cc3c(-c4cc5c(-c6cccnc6)ccnc5[nH]4)n[nH]c3cn2)c1. The molecule has 6 rings (SSSR count). The molecule has 0 aliphatic rings. The maximum Gasteiger partial charge on any atom is 0.138 e.